The molecule has 160 valence electrons. The van der Waals surface area contributed by atoms with Crippen molar-refractivity contribution in [2.45, 2.75) is 38.9 Å². The third-order valence-electron chi connectivity index (χ3n) is 4.33. The fraction of sp³-hybridized carbons (Fsp3) is 0.364. The summed E-state index contributed by atoms with van der Waals surface area (Å²) in [5, 5.41) is 18.2. The van der Waals surface area contributed by atoms with Crippen LogP contribution in [0.3, 0.4) is 0 Å². The molecule has 0 amide bonds. The number of carboxylic acids is 2. The first-order valence-corrected chi connectivity index (χ1v) is 9.08. The minimum Gasteiger partial charge on any atom is -0.479 e. The van der Waals surface area contributed by atoms with Gasteiger partial charge in [-0.15, -0.1) is 0 Å². The largest absolute Gasteiger partial charge is 0.479 e. The summed E-state index contributed by atoms with van der Waals surface area (Å²) in [6, 6.07) is 17.9. The Hall–Kier alpha value is -2.18. The van der Waals surface area contributed by atoms with Crippen LogP contribution in [0.5, 0.6) is 0 Å². The molecule has 0 bridgehead atoms. The van der Waals surface area contributed by atoms with Crippen molar-refractivity contribution in [1.82, 2.24) is 0 Å². The minimum atomic E-state index is -1.24. The van der Waals surface area contributed by atoms with E-state index in [9.17, 15) is 9.59 Å². The Morgan fingerprint density at radius 1 is 0.724 bits per heavy atom. The van der Waals surface area contributed by atoms with Crippen LogP contribution in [-0.2, 0) is 47.3 Å². The molecule has 0 saturated carbocycles. The third kappa shape index (κ3) is 6.98. The molecular weight excluding hydrogens is 416 g/mol. The van der Waals surface area contributed by atoms with Gasteiger partial charge in [0.05, 0.1) is 0 Å². The van der Waals surface area contributed by atoms with Gasteiger partial charge in [-0.1, -0.05) is 60.7 Å². The van der Waals surface area contributed by atoms with E-state index < -0.39 is 23.1 Å². The Labute approximate surface area is 182 Å². The van der Waals surface area contributed by atoms with E-state index in [2.05, 4.69) is 0 Å². The minimum absolute atomic E-state index is 0. The van der Waals surface area contributed by atoms with E-state index in [1.807, 2.05) is 12.1 Å². The summed E-state index contributed by atoms with van der Waals surface area (Å²) in [5.74, 6) is -1.93. The van der Waals surface area contributed by atoms with Crippen LogP contribution in [0.15, 0.2) is 60.7 Å². The maximum Gasteiger partial charge on any atom is 0.340 e. The first-order valence-electron chi connectivity index (χ1n) is 9.08. The van der Waals surface area contributed by atoms with Crippen LogP contribution in [0, 0.1) is 0 Å². The van der Waals surface area contributed by atoms with Crippen LogP contribution >= 0.6 is 0 Å². The average molecular weight is 444 g/mol. The summed E-state index contributed by atoms with van der Waals surface area (Å²) in [4.78, 5) is 22.2. The van der Waals surface area contributed by atoms with Crippen LogP contribution in [0.2, 0.25) is 0 Å². The van der Waals surface area contributed by atoms with Crippen LogP contribution in [0.25, 0.3) is 0 Å². The summed E-state index contributed by atoms with van der Waals surface area (Å²) < 4.78 is 10.6. The maximum absolute atomic E-state index is 11.1. The number of hydrogen-bond acceptors (Lipinski definition) is 4. The number of hydrogen-bond donors (Lipinski definition) is 2. The quantitative estimate of drug-likeness (QED) is 0.597. The van der Waals surface area contributed by atoms with Gasteiger partial charge in [0.25, 0.3) is 0 Å². The number of carbonyl (C=O) groups is 2. The van der Waals surface area contributed by atoms with Crippen LogP contribution in [0.4, 0.5) is 0 Å². The second-order valence-electron chi connectivity index (χ2n) is 6.27. The predicted molar refractivity (Wildman–Crippen MR) is 106 cm³/mol. The van der Waals surface area contributed by atoms with Crippen molar-refractivity contribution < 1.29 is 46.3 Å². The number of carboxylic acid groups (broad SMARTS) is 2. The molecule has 0 heterocycles. The molecule has 0 radical (unpaired) electrons. The molecule has 29 heavy (non-hydrogen) atoms. The van der Waals surface area contributed by atoms with Gasteiger partial charge in [0.15, 0.2) is 11.2 Å². The van der Waals surface area contributed by atoms with Gasteiger partial charge in [-0.05, 0) is 38.8 Å². The summed E-state index contributed by atoms with van der Waals surface area (Å²) in [5.41, 5.74) is -1.16. The van der Waals surface area contributed by atoms with E-state index in [0.717, 1.165) is 0 Å². The Morgan fingerprint density at radius 2 is 1.00 bits per heavy atom. The molecule has 0 aliphatic rings. The standard InChI is InChI=1S/2C11H14O3.Fe/c2*1-3-14-11(2,10(12)13)9-7-5-4-6-8-9;/h2*4-8H,3H2,1-2H3,(H,12,13);. The molecule has 0 fully saturated rings. The van der Waals surface area contributed by atoms with E-state index in [-0.39, 0.29) is 17.1 Å². The Bertz CT molecular complexity index is 687. The molecule has 0 aliphatic carbocycles. The number of benzene rings is 2. The van der Waals surface area contributed by atoms with E-state index in [4.69, 9.17) is 19.7 Å². The van der Waals surface area contributed by atoms with Gasteiger partial charge >= 0.3 is 11.9 Å². The monoisotopic (exact) mass is 444 g/mol. The van der Waals surface area contributed by atoms with Crippen LogP contribution < -0.4 is 0 Å². The smallest absolute Gasteiger partial charge is 0.340 e. The second-order valence-corrected chi connectivity index (χ2v) is 6.27. The van der Waals surface area contributed by atoms with Crippen molar-refractivity contribution in [1.29, 1.82) is 0 Å². The van der Waals surface area contributed by atoms with Gasteiger partial charge in [0, 0.05) is 30.3 Å². The van der Waals surface area contributed by atoms with Crippen molar-refractivity contribution in [2.24, 2.45) is 0 Å². The van der Waals surface area contributed by atoms with Gasteiger partial charge in [0.1, 0.15) is 0 Å². The molecule has 7 heteroatoms. The van der Waals surface area contributed by atoms with Crippen molar-refractivity contribution in [3.63, 3.8) is 0 Å². The van der Waals surface area contributed by atoms with E-state index in [1.165, 1.54) is 0 Å². The van der Waals surface area contributed by atoms with Gasteiger partial charge < -0.3 is 19.7 Å². The van der Waals surface area contributed by atoms with E-state index >= 15 is 0 Å². The van der Waals surface area contributed by atoms with Gasteiger partial charge in [-0.2, -0.15) is 0 Å². The molecule has 0 saturated heterocycles. The molecule has 2 N–H and O–H groups in total. The van der Waals surface area contributed by atoms with Crippen molar-refractivity contribution in [3.8, 4) is 0 Å². The first-order chi connectivity index (χ1) is 13.2. The Morgan fingerprint density at radius 3 is 1.21 bits per heavy atom. The fourth-order valence-electron chi connectivity index (χ4n) is 2.63. The molecule has 2 unspecified atom stereocenters. The molecule has 2 atom stereocenters. The zero-order valence-corrected chi connectivity index (χ0v) is 18.2. The maximum atomic E-state index is 11.1. The Balaban J connectivity index is 0.000000523. The van der Waals surface area contributed by atoms with Gasteiger partial charge in [-0.25, -0.2) is 9.59 Å². The predicted octanol–water partition coefficient (Wildman–Crippen LogP) is 4.04. The summed E-state index contributed by atoms with van der Waals surface area (Å²) >= 11 is 0. The Kier molecular flexibility index (Phi) is 11.5. The van der Waals surface area contributed by atoms with Gasteiger partial charge in [0.2, 0.25) is 0 Å². The van der Waals surface area contributed by atoms with E-state index in [0.29, 0.717) is 24.3 Å². The molecular formula is C22H28FeO6. The summed E-state index contributed by atoms with van der Waals surface area (Å²) in [6.07, 6.45) is 0. The van der Waals surface area contributed by atoms with Crippen molar-refractivity contribution in [2.75, 3.05) is 13.2 Å². The number of rotatable bonds is 8. The normalized spacial score (nSPS) is 14.2. The number of ether oxygens (including phenoxy) is 2. The van der Waals surface area contributed by atoms with Gasteiger partial charge in [-0.3, -0.25) is 0 Å². The van der Waals surface area contributed by atoms with Crippen molar-refractivity contribution >= 4 is 11.9 Å². The molecule has 2 rings (SSSR count). The molecule has 0 aromatic heterocycles. The van der Waals surface area contributed by atoms with E-state index in [1.54, 1.807) is 76.2 Å². The zero-order valence-electron chi connectivity index (χ0n) is 17.1. The first kappa shape index (κ1) is 26.8. The topological polar surface area (TPSA) is 93.1 Å². The van der Waals surface area contributed by atoms with Crippen molar-refractivity contribution in [3.05, 3.63) is 71.8 Å². The fourth-order valence-corrected chi connectivity index (χ4v) is 2.63. The SMILES string of the molecule is CCOC(C)(C(=O)O)c1ccccc1.CCOC(C)(C(=O)O)c1ccccc1.[Fe]. The van der Waals surface area contributed by atoms with Crippen LogP contribution in [-0.4, -0.2) is 35.4 Å². The molecule has 2 aromatic carbocycles. The summed E-state index contributed by atoms with van der Waals surface area (Å²) in [7, 11) is 0. The molecule has 0 spiro atoms. The molecule has 0 aliphatic heterocycles. The summed E-state index contributed by atoms with van der Waals surface area (Å²) in [6.45, 7) is 7.44. The zero-order chi connectivity index (χ0) is 21.2. The third-order valence-corrected chi connectivity index (χ3v) is 4.33. The van der Waals surface area contributed by atoms with Crippen LogP contribution in [0.1, 0.15) is 38.8 Å². The second kappa shape index (κ2) is 12.4. The molecule has 6 nitrogen and oxygen atoms in total. The molecule has 2 aromatic rings. The number of aliphatic carboxylic acids is 2. The average Bonchev–Trinajstić information content (AvgIpc) is 2.70.